The number of benzene rings is 1. The lowest BCUT2D eigenvalue weighted by atomic mass is 10.0. The Morgan fingerprint density at radius 1 is 1.22 bits per heavy atom. The predicted octanol–water partition coefficient (Wildman–Crippen LogP) is 6.15. The minimum Gasteiger partial charge on any atom is -0.497 e. The number of rotatable bonds is 8. The normalized spacial score (nSPS) is 12.4. The van der Waals surface area contributed by atoms with E-state index in [2.05, 4.69) is 22.9 Å². The summed E-state index contributed by atoms with van der Waals surface area (Å²) in [6.07, 6.45) is 7.67. The molecular formula is C15H22BrClO. The minimum atomic E-state index is 0.345. The van der Waals surface area contributed by atoms with E-state index in [9.17, 15) is 0 Å². The van der Waals surface area contributed by atoms with Crippen molar-refractivity contribution in [3.05, 3.63) is 28.8 Å². The summed E-state index contributed by atoms with van der Waals surface area (Å²) in [6.45, 7) is 2.24. The van der Waals surface area contributed by atoms with E-state index < -0.39 is 0 Å². The zero-order valence-electron chi connectivity index (χ0n) is 11.2. The van der Waals surface area contributed by atoms with E-state index >= 15 is 0 Å². The van der Waals surface area contributed by atoms with Gasteiger partial charge in [-0.2, -0.15) is 0 Å². The molecule has 0 spiro atoms. The molecule has 1 nitrogen and oxygen atoms in total. The molecule has 1 atom stereocenters. The van der Waals surface area contributed by atoms with Crippen LogP contribution >= 0.6 is 27.5 Å². The average molecular weight is 334 g/mol. The third-order valence-corrected chi connectivity index (χ3v) is 4.38. The Morgan fingerprint density at radius 3 is 2.56 bits per heavy atom. The van der Waals surface area contributed by atoms with E-state index in [4.69, 9.17) is 16.3 Å². The SMILES string of the molecule is CCCCCCCC(Br)c1ccc(OC)cc1Cl. The topological polar surface area (TPSA) is 9.23 Å². The van der Waals surface area contributed by atoms with Crippen LogP contribution in [-0.4, -0.2) is 7.11 Å². The van der Waals surface area contributed by atoms with Crippen LogP contribution < -0.4 is 4.74 Å². The molecule has 0 fully saturated rings. The van der Waals surface area contributed by atoms with Gasteiger partial charge in [0.1, 0.15) is 5.75 Å². The molecule has 18 heavy (non-hydrogen) atoms. The summed E-state index contributed by atoms with van der Waals surface area (Å²) in [7, 11) is 1.66. The maximum Gasteiger partial charge on any atom is 0.120 e. The summed E-state index contributed by atoms with van der Waals surface area (Å²) in [5, 5.41) is 0.782. The van der Waals surface area contributed by atoms with E-state index in [1.807, 2.05) is 18.2 Å². The maximum atomic E-state index is 6.26. The second-order valence-corrected chi connectivity index (χ2v) is 6.07. The quantitative estimate of drug-likeness (QED) is 0.410. The summed E-state index contributed by atoms with van der Waals surface area (Å²) in [6, 6.07) is 5.89. The van der Waals surface area contributed by atoms with Crippen molar-refractivity contribution in [3.8, 4) is 5.75 Å². The fourth-order valence-electron chi connectivity index (χ4n) is 1.97. The number of hydrogen-bond acceptors (Lipinski definition) is 1. The van der Waals surface area contributed by atoms with Crippen LogP contribution in [0.2, 0.25) is 5.02 Å². The molecule has 0 aliphatic carbocycles. The van der Waals surface area contributed by atoms with E-state index in [0.717, 1.165) is 22.8 Å². The van der Waals surface area contributed by atoms with Gasteiger partial charge in [0, 0.05) is 9.85 Å². The summed E-state index contributed by atoms with van der Waals surface area (Å²) in [4.78, 5) is 0.345. The molecule has 1 rings (SSSR count). The summed E-state index contributed by atoms with van der Waals surface area (Å²) < 4.78 is 5.16. The zero-order chi connectivity index (χ0) is 13.4. The number of unbranched alkanes of at least 4 members (excludes halogenated alkanes) is 4. The van der Waals surface area contributed by atoms with E-state index in [0.29, 0.717) is 4.83 Å². The van der Waals surface area contributed by atoms with Gasteiger partial charge in [0.15, 0.2) is 0 Å². The molecule has 0 aliphatic heterocycles. The zero-order valence-corrected chi connectivity index (χ0v) is 13.6. The van der Waals surface area contributed by atoms with Crippen LogP contribution in [-0.2, 0) is 0 Å². The van der Waals surface area contributed by atoms with Crippen LogP contribution in [0.25, 0.3) is 0 Å². The Labute approximate surface area is 124 Å². The van der Waals surface area contributed by atoms with Gasteiger partial charge >= 0.3 is 0 Å². The Bertz CT molecular complexity index is 354. The molecule has 0 saturated carbocycles. The second-order valence-electron chi connectivity index (χ2n) is 4.56. The maximum absolute atomic E-state index is 6.26. The van der Waals surface area contributed by atoms with Crippen molar-refractivity contribution < 1.29 is 4.74 Å². The van der Waals surface area contributed by atoms with Gasteiger partial charge in [-0.25, -0.2) is 0 Å². The molecular weight excluding hydrogens is 312 g/mol. The fraction of sp³-hybridized carbons (Fsp3) is 0.600. The molecule has 0 bridgehead atoms. The van der Waals surface area contributed by atoms with Crippen LogP contribution in [0.4, 0.5) is 0 Å². The van der Waals surface area contributed by atoms with Gasteiger partial charge in [-0.1, -0.05) is 72.6 Å². The average Bonchev–Trinajstić information content (AvgIpc) is 2.38. The molecule has 3 heteroatoms. The van der Waals surface area contributed by atoms with Gasteiger partial charge in [0.25, 0.3) is 0 Å². The van der Waals surface area contributed by atoms with Crippen molar-refractivity contribution >= 4 is 27.5 Å². The van der Waals surface area contributed by atoms with Crippen LogP contribution in [0, 0.1) is 0 Å². The molecule has 0 radical (unpaired) electrons. The molecule has 0 aliphatic rings. The van der Waals surface area contributed by atoms with Gasteiger partial charge in [-0.15, -0.1) is 0 Å². The molecule has 0 amide bonds. The van der Waals surface area contributed by atoms with Crippen LogP contribution in [0.5, 0.6) is 5.75 Å². The first kappa shape index (κ1) is 15.8. The molecule has 1 aromatic carbocycles. The Hall–Kier alpha value is -0.210. The standard InChI is InChI=1S/C15H22BrClO/c1-3-4-5-6-7-8-14(16)13-10-9-12(18-2)11-15(13)17/h9-11,14H,3-8H2,1-2H3. The summed E-state index contributed by atoms with van der Waals surface area (Å²) in [5.41, 5.74) is 1.16. The monoisotopic (exact) mass is 332 g/mol. The molecule has 0 N–H and O–H groups in total. The minimum absolute atomic E-state index is 0.345. The van der Waals surface area contributed by atoms with Crippen molar-refractivity contribution in [1.82, 2.24) is 0 Å². The first-order chi connectivity index (χ1) is 8.69. The van der Waals surface area contributed by atoms with Crippen molar-refractivity contribution in [3.63, 3.8) is 0 Å². The number of halogens is 2. The Kier molecular flexibility index (Phi) is 7.76. The van der Waals surface area contributed by atoms with Crippen molar-refractivity contribution in [2.75, 3.05) is 7.11 Å². The number of alkyl halides is 1. The number of methoxy groups -OCH3 is 1. The van der Waals surface area contributed by atoms with Crippen LogP contribution in [0.15, 0.2) is 18.2 Å². The van der Waals surface area contributed by atoms with Crippen LogP contribution in [0.3, 0.4) is 0 Å². The Balaban J connectivity index is 2.43. The Morgan fingerprint density at radius 2 is 1.94 bits per heavy atom. The molecule has 0 heterocycles. The lowest BCUT2D eigenvalue weighted by Crippen LogP contribution is -1.93. The van der Waals surface area contributed by atoms with E-state index in [1.165, 1.54) is 32.1 Å². The van der Waals surface area contributed by atoms with Crippen molar-refractivity contribution in [2.24, 2.45) is 0 Å². The molecule has 1 aromatic rings. The largest absolute Gasteiger partial charge is 0.497 e. The highest BCUT2D eigenvalue weighted by Crippen LogP contribution is 2.35. The molecule has 102 valence electrons. The van der Waals surface area contributed by atoms with Gasteiger partial charge in [0.2, 0.25) is 0 Å². The highest BCUT2D eigenvalue weighted by molar-refractivity contribution is 9.09. The first-order valence-electron chi connectivity index (χ1n) is 6.66. The highest BCUT2D eigenvalue weighted by atomic mass is 79.9. The highest BCUT2D eigenvalue weighted by Gasteiger charge is 2.11. The predicted molar refractivity (Wildman–Crippen MR) is 83.0 cm³/mol. The molecule has 0 saturated heterocycles. The van der Waals surface area contributed by atoms with Gasteiger partial charge in [-0.3, -0.25) is 0 Å². The van der Waals surface area contributed by atoms with Crippen molar-refractivity contribution in [1.29, 1.82) is 0 Å². The lowest BCUT2D eigenvalue weighted by Gasteiger charge is -2.13. The third-order valence-electron chi connectivity index (χ3n) is 3.11. The number of ether oxygens (including phenoxy) is 1. The van der Waals surface area contributed by atoms with Crippen LogP contribution in [0.1, 0.15) is 55.8 Å². The van der Waals surface area contributed by atoms with Gasteiger partial charge in [-0.05, 0) is 24.1 Å². The molecule has 1 unspecified atom stereocenters. The van der Waals surface area contributed by atoms with Gasteiger partial charge < -0.3 is 4.74 Å². The van der Waals surface area contributed by atoms with E-state index in [-0.39, 0.29) is 0 Å². The summed E-state index contributed by atoms with van der Waals surface area (Å²) in [5.74, 6) is 0.811. The second kappa shape index (κ2) is 8.82. The van der Waals surface area contributed by atoms with Gasteiger partial charge in [0.05, 0.1) is 7.11 Å². The third kappa shape index (κ3) is 5.19. The van der Waals surface area contributed by atoms with E-state index in [1.54, 1.807) is 7.11 Å². The molecule has 0 aromatic heterocycles. The first-order valence-corrected chi connectivity index (χ1v) is 7.96. The number of hydrogen-bond donors (Lipinski definition) is 0. The fourth-order valence-corrected chi connectivity index (χ4v) is 3.13. The lowest BCUT2D eigenvalue weighted by molar-refractivity contribution is 0.414. The smallest absolute Gasteiger partial charge is 0.120 e. The summed E-state index contributed by atoms with van der Waals surface area (Å²) >= 11 is 9.98. The van der Waals surface area contributed by atoms with Crippen molar-refractivity contribution in [2.45, 2.75) is 50.3 Å².